The van der Waals surface area contributed by atoms with Crippen LogP contribution in [0.5, 0.6) is 5.75 Å². The minimum Gasteiger partial charge on any atom is -0.488 e. The number of nitrogens with one attached hydrogen (secondary N) is 2. The lowest BCUT2D eigenvalue weighted by molar-refractivity contribution is -0.683. The molecule has 2 rings (SSSR count). The van der Waals surface area contributed by atoms with Crippen molar-refractivity contribution in [2.75, 3.05) is 20.2 Å². The molecule has 0 unspecified atom stereocenters. The summed E-state index contributed by atoms with van der Waals surface area (Å²) in [6.07, 6.45) is 0. The number of carbonyl (C=O) groups is 2. The molecule has 2 aromatic carbocycles. The lowest BCUT2D eigenvalue weighted by atomic mass is 10.1. The fourth-order valence-corrected chi connectivity index (χ4v) is 2.38. The first kappa shape index (κ1) is 18.8. The zero-order valence-electron chi connectivity index (χ0n) is 13.9. The van der Waals surface area contributed by atoms with Gasteiger partial charge in [0.2, 0.25) is 0 Å². The molecule has 6 nitrogen and oxygen atoms in total. The van der Waals surface area contributed by atoms with Gasteiger partial charge in [0, 0.05) is 17.6 Å². The summed E-state index contributed by atoms with van der Waals surface area (Å²) < 4.78 is 5.63. The van der Waals surface area contributed by atoms with Crippen LogP contribution in [-0.4, -0.2) is 32.1 Å². The van der Waals surface area contributed by atoms with Crippen molar-refractivity contribution < 1.29 is 19.6 Å². The normalized spacial score (nSPS) is 11.4. The van der Waals surface area contributed by atoms with Crippen molar-refractivity contribution in [2.45, 2.75) is 6.04 Å². The van der Waals surface area contributed by atoms with Crippen LogP contribution in [0.1, 0.15) is 11.6 Å². The second-order valence-corrected chi connectivity index (χ2v) is 5.72. The SMILES string of the molecule is CNC(=O)NC(=O)[C@@H]([NH2+]CCOc1ccc(Cl)cc1)c1ccccc1. The molecule has 25 heavy (non-hydrogen) atoms. The topological polar surface area (TPSA) is 84.0 Å². The van der Waals surface area contributed by atoms with Gasteiger partial charge in [0.05, 0.1) is 0 Å². The Hall–Kier alpha value is -2.57. The molecule has 132 valence electrons. The van der Waals surface area contributed by atoms with E-state index in [1.807, 2.05) is 35.6 Å². The molecule has 0 heterocycles. The highest BCUT2D eigenvalue weighted by Crippen LogP contribution is 2.15. The van der Waals surface area contributed by atoms with Gasteiger partial charge in [0.1, 0.15) is 18.9 Å². The lowest BCUT2D eigenvalue weighted by Gasteiger charge is -2.15. The Morgan fingerprint density at radius 1 is 1.12 bits per heavy atom. The van der Waals surface area contributed by atoms with Crippen LogP contribution in [-0.2, 0) is 4.79 Å². The fraction of sp³-hybridized carbons (Fsp3) is 0.222. The average Bonchev–Trinajstić information content (AvgIpc) is 2.63. The maximum atomic E-state index is 12.4. The summed E-state index contributed by atoms with van der Waals surface area (Å²) in [4.78, 5) is 23.8. The molecular formula is C18H21ClN3O3+. The number of imide groups is 1. The second-order valence-electron chi connectivity index (χ2n) is 5.28. The lowest BCUT2D eigenvalue weighted by Crippen LogP contribution is -2.88. The summed E-state index contributed by atoms with van der Waals surface area (Å²) >= 11 is 5.83. The van der Waals surface area contributed by atoms with Gasteiger partial charge in [-0.05, 0) is 24.3 Å². The van der Waals surface area contributed by atoms with Crippen LogP contribution in [0.2, 0.25) is 5.02 Å². The highest BCUT2D eigenvalue weighted by atomic mass is 35.5. The Labute approximate surface area is 151 Å². The zero-order chi connectivity index (χ0) is 18.1. The van der Waals surface area contributed by atoms with Crippen molar-refractivity contribution in [2.24, 2.45) is 0 Å². The molecule has 4 N–H and O–H groups in total. The number of hydrogen-bond acceptors (Lipinski definition) is 3. The van der Waals surface area contributed by atoms with Crippen molar-refractivity contribution >= 4 is 23.5 Å². The summed E-state index contributed by atoms with van der Waals surface area (Å²) in [7, 11) is 1.46. The Kier molecular flexibility index (Phi) is 7.25. The quantitative estimate of drug-likeness (QED) is 0.652. The number of quaternary nitrogens is 1. The standard InChI is InChI=1S/C18H20ClN3O3/c1-20-18(24)22-17(23)16(13-5-3-2-4-6-13)21-11-12-25-15-9-7-14(19)8-10-15/h2-10,16,21H,11-12H2,1H3,(H2,20,22,23,24)/p+1/t16-/m0/s1. The fourth-order valence-electron chi connectivity index (χ4n) is 2.25. The van der Waals surface area contributed by atoms with Gasteiger partial charge in [-0.1, -0.05) is 41.9 Å². The van der Waals surface area contributed by atoms with E-state index in [1.165, 1.54) is 7.05 Å². The van der Waals surface area contributed by atoms with E-state index in [0.717, 1.165) is 5.56 Å². The number of rotatable bonds is 7. The van der Waals surface area contributed by atoms with Crippen LogP contribution < -0.4 is 20.7 Å². The number of halogens is 1. The van der Waals surface area contributed by atoms with E-state index in [-0.39, 0.29) is 5.91 Å². The maximum absolute atomic E-state index is 12.4. The van der Waals surface area contributed by atoms with Gasteiger partial charge in [0.15, 0.2) is 6.04 Å². The van der Waals surface area contributed by atoms with Crippen LogP contribution in [0.3, 0.4) is 0 Å². The first-order valence-corrected chi connectivity index (χ1v) is 8.27. The van der Waals surface area contributed by atoms with Crippen LogP contribution in [0.25, 0.3) is 0 Å². The third kappa shape index (κ3) is 6.10. The smallest absolute Gasteiger partial charge is 0.321 e. The summed E-state index contributed by atoms with van der Waals surface area (Å²) in [6.45, 7) is 0.960. The molecule has 0 fully saturated rings. The maximum Gasteiger partial charge on any atom is 0.321 e. The average molecular weight is 363 g/mol. The summed E-state index contributed by atoms with van der Waals surface area (Å²) in [5.74, 6) is 0.334. The summed E-state index contributed by atoms with van der Waals surface area (Å²) in [5.41, 5.74) is 0.815. The first-order chi connectivity index (χ1) is 12.1. The van der Waals surface area contributed by atoms with E-state index in [9.17, 15) is 9.59 Å². The van der Waals surface area contributed by atoms with E-state index in [2.05, 4.69) is 10.6 Å². The molecule has 1 atom stereocenters. The van der Waals surface area contributed by atoms with Crippen LogP contribution in [0, 0.1) is 0 Å². The van der Waals surface area contributed by atoms with Crippen molar-refractivity contribution in [1.82, 2.24) is 10.6 Å². The number of ether oxygens (including phenoxy) is 1. The van der Waals surface area contributed by atoms with E-state index >= 15 is 0 Å². The third-order valence-electron chi connectivity index (χ3n) is 3.51. The van der Waals surface area contributed by atoms with Crippen LogP contribution in [0.4, 0.5) is 4.79 Å². The first-order valence-electron chi connectivity index (χ1n) is 7.89. The molecule has 0 spiro atoms. The van der Waals surface area contributed by atoms with Crippen molar-refractivity contribution in [1.29, 1.82) is 0 Å². The minimum atomic E-state index is -0.535. The molecule has 0 saturated carbocycles. The van der Waals surface area contributed by atoms with Crippen LogP contribution >= 0.6 is 11.6 Å². The van der Waals surface area contributed by atoms with E-state index < -0.39 is 12.1 Å². The highest BCUT2D eigenvalue weighted by Gasteiger charge is 2.25. The predicted octanol–water partition coefficient (Wildman–Crippen LogP) is 1.48. The molecule has 0 radical (unpaired) electrons. The molecule has 0 aliphatic carbocycles. The number of carbonyl (C=O) groups excluding carboxylic acids is 2. The predicted molar refractivity (Wildman–Crippen MR) is 95.5 cm³/mol. The van der Waals surface area contributed by atoms with Gasteiger partial charge in [-0.25, -0.2) is 4.79 Å². The zero-order valence-corrected chi connectivity index (χ0v) is 14.6. The number of urea groups is 1. The number of nitrogens with two attached hydrogens (primary N) is 1. The summed E-state index contributed by atoms with van der Waals surface area (Å²) in [6, 6.07) is 15.3. The van der Waals surface area contributed by atoms with Gasteiger partial charge in [-0.3, -0.25) is 10.1 Å². The molecule has 0 aliphatic rings. The Morgan fingerprint density at radius 2 is 1.80 bits per heavy atom. The van der Waals surface area contributed by atoms with E-state index in [0.29, 0.717) is 23.9 Å². The molecule has 0 aliphatic heterocycles. The molecule has 0 aromatic heterocycles. The Balaban J connectivity index is 1.92. The van der Waals surface area contributed by atoms with Crippen molar-refractivity contribution in [3.63, 3.8) is 0 Å². The largest absolute Gasteiger partial charge is 0.488 e. The Morgan fingerprint density at radius 3 is 2.44 bits per heavy atom. The number of benzene rings is 2. The number of hydrogen-bond donors (Lipinski definition) is 3. The Bertz CT molecular complexity index is 692. The summed E-state index contributed by atoms with van der Waals surface area (Å²) in [5, 5.41) is 7.18. The van der Waals surface area contributed by atoms with Crippen molar-refractivity contribution in [3.8, 4) is 5.75 Å². The molecule has 0 saturated heterocycles. The number of amides is 3. The molecule has 3 amide bonds. The van der Waals surface area contributed by atoms with Crippen molar-refractivity contribution in [3.05, 3.63) is 65.2 Å². The van der Waals surface area contributed by atoms with Gasteiger partial charge < -0.3 is 15.4 Å². The van der Waals surface area contributed by atoms with E-state index in [1.54, 1.807) is 24.3 Å². The molecule has 7 heteroatoms. The molecule has 2 aromatic rings. The van der Waals surface area contributed by atoms with Gasteiger partial charge >= 0.3 is 6.03 Å². The highest BCUT2D eigenvalue weighted by molar-refractivity contribution is 6.30. The monoisotopic (exact) mass is 362 g/mol. The third-order valence-corrected chi connectivity index (χ3v) is 3.76. The molecular weight excluding hydrogens is 342 g/mol. The van der Waals surface area contributed by atoms with Gasteiger partial charge in [0.25, 0.3) is 5.91 Å². The van der Waals surface area contributed by atoms with Gasteiger partial charge in [-0.15, -0.1) is 0 Å². The van der Waals surface area contributed by atoms with Crippen LogP contribution in [0.15, 0.2) is 54.6 Å². The minimum absolute atomic E-state index is 0.378. The van der Waals surface area contributed by atoms with E-state index in [4.69, 9.17) is 16.3 Å². The second kappa shape index (κ2) is 9.66. The molecule has 0 bridgehead atoms. The van der Waals surface area contributed by atoms with Gasteiger partial charge in [-0.2, -0.15) is 0 Å².